The number of nitrogens with zero attached hydrogens (tertiary/aromatic N) is 4. The summed E-state index contributed by atoms with van der Waals surface area (Å²) >= 11 is 0. The molecule has 0 aromatic carbocycles. The second-order valence-corrected chi connectivity index (χ2v) is 4.48. The van der Waals surface area contributed by atoms with Crippen molar-refractivity contribution in [2.45, 2.75) is 32.1 Å². The van der Waals surface area contributed by atoms with Crippen LogP contribution in [0.25, 0.3) is 5.82 Å². The molecule has 0 bridgehead atoms. The van der Waals surface area contributed by atoms with E-state index in [1.807, 2.05) is 13.1 Å². The van der Waals surface area contributed by atoms with E-state index in [4.69, 9.17) is 5.84 Å². The van der Waals surface area contributed by atoms with Crippen LogP contribution in [0.2, 0.25) is 0 Å². The first-order valence-electron chi connectivity index (χ1n) is 6.20. The molecule has 1 aliphatic carbocycles. The van der Waals surface area contributed by atoms with Gasteiger partial charge in [-0.15, -0.1) is 0 Å². The molecule has 6 nitrogen and oxygen atoms in total. The monoisotopic (exact) mass is 244 g/mol. The average molecular weight is 244 g/mol. The van der Waals surface area contributed by atoms with Crippen molar-refractivity contribution in [3.63, 3.8) is 0 Å². The van der Waals surface area contributed by atoms with E-state index in [0.29, 0.717) is 11.7 Å². The first kappa shape index (κ1) is 11.2. The van der Waals surface area contributed by atoms with E-state index >= 15 is 0 Å². The molecule has 0 unspecified atom stereocenters. The number of aromatic nitrogens is 4. The van der Waals surface area contributed by atoms with Gasteiger partial charge in [0, 0.05) is 24.6 Å². The molecule has 1 saturated carbocycles. The van der Waals surface area contributed by atoms with Crippen LogP contribution in [0, 0.1) is 0 Å². The summed E-state index contributed by atoms with van der Waals surface area (Å²) in [5.74, 6) is 8.17. The molecule has 2 aromatic heterocycles. The van der Waals surface area contributed by atoms with Crippen LogP contribution < -0.4 is 11.3 Å². The van der Waals surface area contributed by atoms with Gasteiger partial charge in [-0.05, 0) is 18.9 Å². The van der Waals surface area contributed by atoms with Gasteiger partial charge in [-0.1, -0.05) is 6.92 Å². The van der Waals surface area contributed by atoms with Gasteiger partial charge in [0.05, 0.1) is 5.69 Å². The van der Waals surface area contributed by atoms with Crippen LogP contribution in [0.1, 0.15) is 37.2 Å². The molecule has 3 rings (SSSR count). The molecular formula is C12H16N6. The standard InChI is InChI=1S/C12H16N6/c1-2-10-14-11(16-13)7-12(15-10)18-6-5-9(17-18)8-3-4-8/h5-8H,2-4,13H2,1H3,(H,14,15,16). The van der Waals surface area contributed by atoms with Gasteiger partial charge in [0.1, 0.15) is 11.6 Å². The van der Waals surface area contributed by atoms with Crippen LogP contribution in [0.15, 0.2) is 18.3 Å². The number of aryl methyl sites for hydroxylation is 1. The summed E-state index contributed by atoms with van der Waals surface area (Å²) in [4.78, 5) is 8.72. The molecule has 1 fully saturated rings. The molecule has 0 saturated heterocycles. The van der Waals surface area contributed by atoms with Crippen molar-refractivity contribution < 1.29 is 0 Å². The third-order valence-corrected chi connectivity index (χ3v) is 3.06. The Balaban J connectivity index is 1.97. The van der Waals surface area contributed by atoms with Crippen molar-refractivity contribution in [1.29, 1.82) is 0 Å². The molecule has 6 heteroatoms. The Morgan fingerprint density at radius 1 is 1.44 bits per heavy atom. The zero-order valence-corrected chi connectivity index (χ0v) is 10.3. The van der Waals surface area contributed by atoms with Crippen LogP contribution in [0.5, 0.6) is 0 Å². The number of nitrogens with two attached hydrogens (primary N) is 1. The lowest BCUT2D eigenvalue weighted by atomic mass is 10.3. The first-order chi connectivity index (χ1) is 8.80. The smallest absolute Gasteiger partial charge is 0.159 e. The van der Waals surface area contributed by atoms with Crippen molar-refractivity contribution >= 4 is 5.82 Å². The Morgan fingerprint density at radius 2 is 2.28 bits per heavy atom. The lowest BCUT2D eigenvalue weighted by molar-refractivity contribution is 0.791. The van der Waals surface area contributed by atoms with E-state index in [2.05, 4.69) is 26.6 Å². The van der Waals surface area contributed by atoms with Gasteiger partial charge in [0.15, 0.2) is 5.82 Å². The van der Waals surface area contributed by atoms with E-state index in [0.717, 1.165) is 23.8 Å². The SMILES string of the molecule is CCc1nc(NN)cc(-n2ccc(C3CC3)n2)n1. The van der Waals surface area contributed by atoms with E-state index in [1.54, 1.807) is 10.7 Å². The second-order valence-electron chi connectivity index (χ2n) is 4.48. The molecule has 18 heavy (non-hydrogen) atoms. The van der Waals surface area contributed by atoms with Crippen molar-refractivity contribution in [1.82, 2.24) is 19.7 Å². The average Bonchev–Trinajstić information content (AvgIpc) is 3.15. The van der Waals surface area contributed by atoms with E-state index < -0.39 is 0 Å². The molecule has 2 heterocycles. The largest absolute Gasteiger partial charge is 0.308 e. The summed E-state index contributed by atoms with van der Waals surface area (Å²) in [7, 11) is 0. The molecule has 1 aliphatic rings. The van der Waals surface area contributed by atoms with E-state index in [1.165, 1.54) is 12.8 Å². The predicted octanol–water partition coefficient (Wildman–Crippen LogP) is 1.39. The van der Waals surface area contributed by atoms with Crippen LogP contribution in [-0.4, -0.2) is 19.7 Å². The lowest BCUT2D eigenvalue weighted by Crippen LogP contribution is -2.12. The molecule has 3 N–H and O–H groups in total. The van der Waals surface area contributed by atoms with Gasteiger partial charge in [-0.25, -0.2) is 20.5 Å². The Labute approximate surface area is 105 Å². The first-order valence-corrected chi connectivity index (χ1v) is 6.20. The van der Waals surface area contributed by atoms with Crippen molar-refractivity contribution in [2.75, 3.05) is 5.43 Å². The quantitative estimate of drug-likeness (QED) is 0.627. The molecule has 0 spiro atoms. The number of hydrogen-bond acceptors (Lipinski definition) is 5. The zero-order chi connectivity index (χ0) is 12.5. The highest BCUT2D eigenvalue weighted by molar-refractivity contribution is 5.40. The van der Waals surface area contributed by atoms with Gasteiger partial charge < -0.3 is 5.43 Å². The number of rotatable bonds is 4. The maximum Gasteiger partial charge on any atom is 0.159 e. The maximum atomic E-state index is 5.41. The number of nitrogen functional groups attached to an aromatic ring is 1. The van der Waals surface area contributed by atoms with Gasteiger partial charge in [-0.2, -0.15) is 5.10 Å². The minimum Gasteiger partial charge on any atom is -0.308 e. The number of hydrazine groups is 1. The Morgan fingerprint density at radius 3 is 2.94 bits per heavy atom. The molecule has 0 radical (unpaired) electrons. The Bertz CT molecular complexity index is 535. The number of anilines is 1. The van der Waals surface area contributed by atoms with Crippen molar-refractivity contribution in [3.8, 4) is 5.82 Å². The summed E-state index contributed by atoms with van der Waals surface area (Å²) < 4.78 is 1.79. The predicted molar refractivity (Wildman–Crippen MR) is 68.3 cm³/mol. The van der Waals surface area contributed by atoms with Crippen molar-refractivity contribution in [2.24, 2.45) is 5.84 Å². The Hall–Kier alpha value is -1.95. The third-order valence-electron chi connectivity index (χ3n) is 3.06. The molecule has 0 amide bonds. The Kier molecular flexibility index (Phi) is 2.71. The van der Waals surface area contributed by atoms with E-state index in [-0.39, 0.29) is 0 Å². The minimum atomic E-state index is 0.611. The number of hydrogen-bond donors (Lipinski definition) is 2. The fourth-order valence-corrected chi connectivity index (χ4v) is 1.89. The van der Waals surface area contributed by atoms with Crippen LogP contribution in [0.4, 0.5) is 5.82 Å². The van der Waals surface area contributed by atoms with Crippen LogP contribution in [-0.2, 0) is 6.42 Å². The highest BCUT2D eigenvalue weighted by atomic mass is 15.3. The fourth-order valence-electron chi connectivity index (χ4n) is 1.89. The molecular weight excluding hydrogens is 228 g/mol. The second kappa shape index (κ2) is 4.38. The van der Waals surface area contributed by atoms with Gasteiger partial charge in [-0.3, -0.25) is 0 Å². The lowest BCUT2D eigenvalue weighted by Gasteiger charge is -2.06. The minimum absolute atomic E-state index is 0.611. The molecule has 0 atom stereocenters. The third kappa shape index (κ3) is 2.06. The van der Waals surface area contributed by atoms with Gasteiger partial charge >= 0.3 is 0 Å². The molecule has 2 aromatic rings. The van der Waals surface area contributed by atoms with Crippen molar-refractivity contribution in [3.05, 3.63) is 29.8 Å². The maximum absolute atomic E-state index is 5.41. The van der Waals surface area contributed by atoms with E-state index in [9.17, 15) is 0 Å². The normalized spacial score (nSPS) is 14.8. The van der Waals surface area contributed by atoms with Gasteiger partial charge in [0.2, 0.25) is 0 Å². The highest BCUT2D eigenvalue weighted by Gasteiger charge is 2.26. The molecule has 0 aliphatic heterocycles. The summed E-state index contributed by atoms with van der Waals surface area (Å²) in [6, 6.07) is 3.85. The topological polar surface area (TPSA) is 81.6 Å². The summed E-state index contributed by atoms with van der Waals surface area (Å²) in [5.41, 5.74) is 3.71. The summed E-state index contributed by atoms with van der Waals surface area (Å²) in [6.45, 7) is 2.01. The highest BCUT2D eigenvalue weighted by Crippen LogP contribution is 2.38. The fraction of sp³-hybridized carbons (Fsp3) is 0.417. The van der Waals surface area contributed by atoms with Gasteiger partial charge in [0.25, 0.3) is 0 Å². The van der Waals surface area contributed by atoms with Crippen LogP contribution >= 0.6 is 0 Å². The number of nitrogens with one attached hydrogen (secondary N) is 1. The summed E-state index contributed by atoms with van der Waals surface area (Å²) in [5, 5.41) is 4.55. The molecule has 94 valence electrons. The van der Waals surface area contributed by atoms with Crippen LogP contribution in [0.3, 0.4) is 0 Å². The zero-order valence-electron chi connectivity index (χ0n) is 10.3. The summed E-state index contributed by atoms with van der Waals surface area (Å²) in [6.07, 6.45) is 5.20.